The molecular weight excluding hydrogens is 872 g/mol. The van der Waals surface area contributed by atoms with Crippen molar-refractivity contribution in [1.82, 2.24) is 10.2 Å². The van der Waals surface area contributed by atoms with Gasteiger partial charge in [0.05, 0.1) is 27.4 Å². The lowest BCUT2D eigenvalue weighted by Crippen LogP contribution is -2.56. The Morgan fingerprint density at radius 3 is 2.16 bits per heavy atom. The van der Waals surface area contributed by atoms with Crippen LogP contribution in [0.1, 0.15) is 49.8 Å². The number of nitrogens with zero attached hydrogens (tertiary/aromatic N) is 2. The molecule has 3 amide bonds. The fraction of sp³-hybridized carbons (Fsp3) is 0.146. The minimum absolute atomic E-state index is 0.167. The molecule has 0 bridgehead atoms. The first-order chi connectivity index (χ1) is 30.7. The van der Waals surface area contributed by atoms with Crippen LogP contribution in [-0.2, 0) is 40.4 Å². The Balaban J connectivity index is 1.02. The van der Waals surface area contributed by atoms with Gasteiger partial charge in [0, 0.05) is 37.1 Å². The molecule has 322 valence electrons. The van der Waals surface area contributed by atoms with Crippen LogP contribution in [0.3, 0.4) is 0 Å². The number of hydrogen-bond donors (Lipinski definition) is 3. The van der Waals surface area contributed by atoms with Crippen LogP contribution in [-0.4, -0.2) is 45.8 Å². The molecule has 1 unspecified atom stereocenters. The highest BCUT2D eigenvalue weighted by atomic mass is 35.5. The zero-order valence-electron chi connectivity index (χ0n) is 33.2. The van der Waals surface area contributed by atoms with Gasteiger partial charge < -0.3 is 30.1 Å². The number of carboxylic acids is 1. The number of carbonyl (C=O) groups is 4. The first-order valence-electron chi connectivity index (χ1n) is 19.6. The molecular formula is C48H33Cl2F3N4O7. The minimum atomic E-state index is -1.51. The topological polar surface area (TPSA) is 158 Å². The molecule has 16 heteroatoms. The van der Waals surface area contributed by atoms with Crippen molar-refractivity contribution in [2.24, 2.45) is 0 Å². The summed E-state index contributed by atoms with van der Waals surface area (Å²) in [7, 11) is 0. The average molecular weight is 906 g/mol. The third kappa shape index (κ3) is 9.22. The predicted octanol–water partition coefficient (Wildman–Crippen LogP) is 8.98. The van der Waals surface area contributed by atoms with E-state index in [-0.39, 0.29) is 30.9 Å². The molecule has 2 aliphatic rings. The van der Waals surface area contributed by atoms with Crippen LogP contribution in [0.15, 0.2) is 115 Å². The van der Waals surface area contributed by atoms with Crippen molar-refractivity contribution >= 4 is 52.6 Å². The average Bonchev–Trinajstić information content (AvgIpc) is 3.28. The number of amides is 3. The molecule has 3 atom stereocenters. The highest BCUT2D eigenvalue weighted by Crippen LogP contribution is 2.40. The van der Waals surface area contributed by atoms with Crippen molar-refractivity contribution in [3.05, 3.63) is 182 Å². The van der Waals surface area contributed by atoms with Gasteiger partial charge in [0.25, 0.3) is 11.8 Å². The molecule has 6 aromatic rings. The number of nitrogens with one attached hydrogen (secondary N) is 2. The molecule has 2 heterocycles. The van der Waals surface area contributed by atoms with E-state index >= 15 is 8.78 Å². The van der Waals surface area contributed by atoms with Crippen LogP contribution < -0.4 is 20.1 Å². The molecule has 0 fully saturated rings. The van der Waals surface area contributed by atoms with E-state index in [0.717, 1.165) is 21.6 Å². The zero-order chi connectivity index (χ0) is 45.2. The van der Waals surface area contributed by atoms with Gasteiger partial charge in [0.1, 0.15) is 53.2 Å². The van der Waals surface area contributed by atoms with Crippen LogP contribution in [0.5, 0.6) is 11.5 Å². The predicted molar refractivity (Wildman–Crippen MR) is 229 cm³/mol. The Labute approximate surface area is 373 Å². The summed E-state index contributed by atoms with van der Waals surface area (Å²) >= 11 is 12.1. The second kappa shape index (κ2) is 18.2. The summed E-state index contributed by atoms with van der Waals surface area (Å²) in [5.74, 6) is -7.65. The second-order valence-corrected chi connectivity index (χ2v) is 15.9. The molecule has 8 rings (SSSR count). The van der Waals surface area contributed by atoms with E-state index in [2.05, 4.69) is 16.7 Å². The van der Waals surface area contributed by atoms with E-state index in [9.17, 15) is 28.7 Å². The number of aliphatic carboxylic acids is 1. The maximum Gasteiger partial charge on any atom is 0.326 e. The van der Waals surface area contributed by atoms with Gasteiger partial charge in [0.2, 0.25) is 12.0 Å². The molecule has 64 heavy (non-hydrogen) atoms. The van der Waals surface area contributed by atoms with Crippen LogP contribution in [0.25, 0.3) is 11.1 Å². The number of carboxylic acid groups (broad SMARTS) is 1. The van der Waals surface area contributed by atoms with Crippen molar-refractivity contribution in [3.8, 4) is 28.7 Å². The normalized spacial score (nSPS) is 15.7. The number of hydrogen-bond acceptors (Lipinski definition) is 7. The van der Waals surface area contributed by atoms with Gasteiger partial charge in [-0.05, 0) is 81.9 Å². The Kier molecular flexibility index (Phi) is 12.3. The van der Waals surface area contributed by atoms with Gasteiger partial charge in [-0.15, -0.1) is 0 Å². The molecule has 0 spiro atoms. The lowest BCUT2D eigenvalue weighted by atomic mass is 9.91. The summed E-state index contributed by atoms with van der Waals surface area (Å²) in [6.07, 6.45) is -1.55. The zero-order valence-corrected chi connectivity index (χ0v) is 34.7. The Hall–Kier alpha value is -7.34. The summed E-state index contributed by atoms with van der Waals surface area (Å²) in [6.45, 7) is -0.202. The van der Waals surface area contributed by atoms with Crippen LogP contribution in [0, 0.1) is 28.8 Å². The highest BCUT2D eigenvalue weighted by molar-refractivity contribution is 6.42. The van der Waals surface area contributed by atoms with Gasteiger partial charge in [-0.25, -0.2) is 18.0 Å². The third-order valence-corrected chi connectivity index (χ3v) is 11.6. The van der Waals surface area contributed by atoms with Crippen molar-refractivity contribution in [2.45, 2.75) is 44.2 Å². The number of halogens is 5. The SMILES string of the molecule is N#Cc1ccc(-c2ccc(C[C@H](NC(=O)C3Cc4cc5c(cc4CN3C(=O)c3c(F)cc(F)cc3F)O[C@@H](c3ccc(OCc4ccc(Cl)c(Cl)c4)cc3)C(=O)N5)C(=O)O)cc2)cc1. The summed E-state index contributed by atoms with van der Waals surface area (Å²) in [6, 6.07) is 28.4. The monoisotopic (exact) mass is 904 g/mol. The summed E-state index contributed by atoms with van der Waals surface area (Å²) < 4.78 is 56.2. The standard InChI is InChI=1S/C48H33Cl2F3N4O7/c49-35-14-5-27(15-36(35)50)24-63-34-12-10-30(11-13-34)44-46(59)55-39-17-31-18-41(57(23-32(31)19-42(39)64-44)47(60)43-37(52)20-33(51)21-38(43)53)45(58)56-40(48(61)62)16-25-1-6-28(7-2-25)29-8-3-26(22-54)4-9-29/h1-15,17,19-21,40-41,44H,16,18,23-24H2,(H,55,59)(H,56,58)(H,61,62)/t40-,41?,44-/m0/s1. The van der Waals surface area contributed by atoms with Crippen molar-refractivity contribution in [1.29, 1.82) is 5.26 Å². The largest absolute Gasteiger partial charge is 0.489 e. The van der Waals surface area contributed by atoms with Gasteiger partial charge in [-0.1, -0.05) is 77.8 Å². The molecule has 6 aromatic carbocycles. The molecule has 3 N–H and O–H groups in total. The van der Waals surface area contributed by atoms with Gasteiger partial charge in [-0.3, -0.25) is 14.4 Å². The number of nitriles is 1. The Morgan fingerprint density at radius 2 is 1.52 bits per heavy atom. The molecule has 0 radical (unpaired) electrons. The Morgan fingerprint density at radius 1 is 0.859 bits per heavy atom. The van der Waals surface area contributed by atoms with E-state index in [0.29, 0.717) is 55.7 Å². The number of benzene rings is 6. The molecule has 0 aromatic heterocycles. The molecule has 0 saturated heterocycles. The maximum absolute atomic E-state index is 15.1. The maximum atomic E-state index is 15.1. The third-order valence-electron chi connectivity index (χ3n) is 10.9. The van der Waals surface area contributed by atoms with E-state index in [1.165, 1.54) is 0 Å². The summed E-state index contributed by atoms with van der Waals surface area (Å²) in [5.41, 5.74) is 3.95. The number of rotatable bonds is 11. The highest BCUT2D eigenvalue weighted by Gasteiger charge is 2.40. The first-order valence-corrected chi connectivity index (χ1v) is 20.4. The fourth-order valence-electron chi connectivity index (χ4n) is 7.56. The van der Waals surface area contributed by atoms with Crippen LogP contribution >= 0.6 is 23.2 Å². The number of carbonyl (C=O) groups excluding carboxylic acids is 3. The Bertz CT molecular complexity index is 2850. The molecule has 2 aliphatic heterocycles. The fourth-order valence-corrected chi connectivity index (χ4v) is 7.88. The second-order valence-electron chi connectivity index (χ2n) is 15.1. The van der Waals surface area contributed by atoms with Gasteiger partial charge >= 0.3 is 5.97 Å². The number of anilines is 1. The number of fused-ring (bicyclic) bond motifs is 2. The van der Waals surface area contributed by atoms with E-state index in [4.69, 9.17) is 37.9 Å². The van der Waals surface area contributed by atoms with Crippen LogP contribution in [0.4, 0.5) is 18.9 Å². The van der Waals surface area contributed by atoms with Crippen LogP contribution in [0.2, 0.25) is 10.0 Å². The van der Waals surface area contributed by atoms with Gasteiger partial charge in [0.15, 0.2) is 0 Å². The first kappa shape index (κ1) is 43.3. The van der Waals surface area contributed by atoms with Gasteiger partial charge in [-0.2, -0.15) is 5.26 Å². The molecule has 0 aliphatic carbocycles. The van der Waals surface area contributed by atoms with Crippen molar-refractivity contribution in [3.63, 3.8) is 0 Å². The lowest BCUT2D eigenvalue weighted by Gasteiger charge is -2.37. The van der Waals surface area contributed by atoms with E-state index in [1.54, 1.807) is 103 Å². The van der Waals surface area contributed by atoms with Crippen molar-refractivity contribution in [2.75, 3.05) is 5.32 Å². The summed E-state index contributed by atoms with van der Waals surface area (Å²) in [4.78, 5) is 55.0. The van der Waals surface area contributed by atoms with E-state index < -0.39 is 71.4 Å². The smallest absolute Gasteiger partial charge is 0.326 e. The quantitative estimate of drug-likeness (QED) is 0.116. The molecule has 0 saturated carbocycles. The summed E-state index contributed by atoms with van der Waals surface area (Å²) in [5, 5.41) is 25.4. The molecule has 11 nitrogen and oxygen atoms in total. The number of ether oxygens (including phenoxy) is 2. The van der Waals surface area contributed by atoms with E-state index in [1.807, 2.05) is 0 Å². The lowest BCUT2D eigenvalue weighted by molar-refractivity contribution is -0.142. The van der Waals surface area contributed by atoms with Crippen molar-refractivity contribution < 1.29 is 46.9 Å². The minimum Gasteiger partial charge on any atom is -0.489 e.